The first kappa shape index (κ1) is 18.3. The van der Waals surface area contributed by atoms with Crippen molar-refractivity contribution in [1.29, 1.82) is 5.26 Å². The van der Waals surface area contributed by atoms with Crippen molar-refractivity contribution in [2.45, 2.75) is 26.7 Å². The SMILES string of the molecule is CCc1cc(Oc2ccc(N3C(=O)C=C[C@H](CC)C3=O)cn2)ccc1C#N. The number of hydrogen-bond donors (Lipinski definition) is 0. The van der Waals surface area contributed by atoms with Crippen LogP contribution in [0.5, 0.6) is 11.6 Å². The predicted octanol–water partition coefficient (Wildman–Crippen LogP) is 3.76. The number of rotatable bonds is 5. The summed E-state index contributed by atoms with van der Waals surface area (Å²) in [7, 11) is 0. The van der Waals surface area contributed by atoms with Gasteiger partial charge < -0.3 is 4.74 Å². The lowest BCUT2D eigenvalue weighted by atomic mass is 10.0. The molecule has 0 saturated heterocycles. The quantitative estimate of drug-likeness (QED) is 0.757. The van der Waals surface area contributed by atoms with Crippen molar-refractivity contribution in [2.24, 2.45) is 5.92 Å². The molecule has 136 valence electrons. The van der Waals surface area contributed by atoms with Gasteiger partial charge in [0.15, 0.2) is 0 Å². The van der Waals surface area contributed by atoms with E-state index in [-0.39, 0.29) is 17.7 Å². The summed E-state index contributed by atoms with van der Waals surface area (Å²) >= 11 is 0. The highest BCUT2D eigenvalue weighted by Gasteiger charge is 2.30. The van der Waals surface area contributed by atoms with Crippen LogP contribution in [0.1, 0.15) is 31.4 Å². The first-order valence-corrected chi connectivity index (χ1v) is 8.80. The minimum Gasteiger partial charge on any atom is -0.439 e. The van der Waals surface area contributed by atoms with E-state index >= 15 is 0 Å². The van der Waals surface area contributed by atoms with Crippen molar-refractivity contribution in [3.63, 3.8) is 0 Å². The van der Waals surface area contributed by atoms with Gasteiger partial charge in [0.25, 0.3) is 5.91 Å². The molecule has 6 heteroatoms. The van der Waals surface area contributed by atoms with Gasteiger partial charge in [0.05, 0.1) is 29.4 Å². The molecule has 1 aliphatic rings. The Morgan fingerprint density at radius 1 is 1.22 bits per heavy atom. The zero-order valence-corrected chi connectivity index (χ0v) is 15.2. The summed E-state index contributed by atoms with van der Waals surface area (Å²) in [6.45, 7) is 3.87. The fourth-order valence-electron chi connectivity index (χ4n) is 2.92. The van der Waals surface area contributed by atoms with Crippen LogP contribution in [0.25, 0.3) is 0 Å². The summed E-state index contributed by atoms with van der Waals surface area (Å²) in [5.74, 6) is -0.0139. The van der Waals surface area contributed by atoms with Crippen LogP contribution in [0.2, 0.25) is 0 Å². The normalized spacial score (nSPS) is 16.3. The van der Waals surface area contributed by atoms with Crippen LogP contribution in [-0.4, -0.2) is 16.8 Å². The van der Waals surface area contributed by atoms with Crippen LogP contribution in [0.4, 0.5) is 5.69 Å². The Balaban J connectivity index is 1.80. The molecule has 0 spiro atoms. The lowest BCUT2D eigenvalue weighted by molar-refractivity contribution is -0.127. The average Bonchev–Trinajstić information content (AvgIpc) is 2.69. The third-order valence-corrected chi connectivity index (χ3v) is 4.45. The number of hydrogen-bond acceptors (Lipinski definition) is 5. The molecule has 1 aliphatic heterocycles. The maximum absolute atomic E-state index is 12.4. The van der Waals surface area contributed by atoms with Gasteiger partial charge in [-0.1, -0.05) is 19.9 Å². The standard InChI is InChI=1S/C21H19N3O3/c1-3-14-6-10-20(25)24(21(14)26)17-7-9-19(23-13-17)27-18-8-5-16(12-22)15(4-2)11-18/h5-11,13-14H,3-4H2,1-2H3/t14-/m0/s1. The molecule has 2 amide bonds. The molecule has 3 rings (SSSR count). The molecule has 0 bridgehead atoms. The number of pyridine rings is 1. The number of imide groups is 1. The van der Waals surface area contributed by atoms with Gasteiger partial charge >= 0.3 is 0 Å². The van der Waals surface area contributed by atoms with Gasteiger partial charge in [-0.3, -0.25) is 9.59 Å². The number of carbonyl (C=O) groups excluding carboxylic acids is 2. The van der Waals surface area contributed by atoms with Crippen molar-refractivity contribution in [3.05, 3.63) is 59.8 Å². The van der Waals surface area contributed by atoms with Crippen LogP contribution in [0, 0.1) is 17.2 Å². The van der Waals surface area contributed by atoms with E-state index in [0.717, 1.165) is 16.9 Å². The fourth-order valence-corrected chi connectivity index (χ4v) is 2.92. The number of aryl methyl sites for hydroxylation is 1. The largest absolute Gasteiger partial charge is 0.439 e. The Morgan fingerprint density at radius 3 is 2.67 bits per heavy atom. The Morgan fingerprint density at radius 2 is 2.04 bits per heavy atom. The lowest BCUT2D eigenvalue weighted by Crippen LogP contribution is -2.42. The Labute approximate surface area is 157 Å². The molecule has 0 unspecified atom stereocenters. The molecule has 0 radical (unpaired) electrons. The molecule has 0 aliphatic carbocycles. The summed E-state index contributed by atoms with van der Waals surface area (Å²) < 4.78 is 5.74. The monoisotopic (exact) mass is 361 g/mol. The van der Waals surface area contributed by atoms with Crippen molar-refractivity contribution in [3.8, 4) is 17.7 Å². The van der Waals surface area contributed by atoms with Gasteiger partial charge in [0, 0.05) is 12.1 Å². The highest BCUT2D eigenvalue weighted by Crippen LogP contribution is 2.27. The predicted molar refractivity (Wildman–Crippen MR) is 100 cm³/mol. The van der Waals surface area contributed by atoms with E-state index < -0.39 is 0 Å². The maximum atomic E-state index is 12.4. The summed E-state index contributed by atoms with van der Waals surface area (Å²) in [6, 6.07) is 10.6. The second kappa shape index (κ2) is 7.83. The van der Waals surface area contributed by atoms with E-state index in [2.05, 4.69) is 11.1 Å². The van der Waals surface area contributed by atoms with Gasteiger partial charge in [-0.15, -0.1) is 0 Å². The smallest absolute Gasteiger partial charge is 0.257 e. The third kappa shape index (κ3) is 3.72. The highest BCUT2D eigenvalue weighted by atomic mass is 16.5. The second-order valence-corrected chi connectivity index (χ2v) is 6.13. The van der Waals surface area contributed by atoms with Crippen molar-refractivity contribution < 1.29 is 14.3 Å². The zero-order chi connectivity index (χ0) is 19.4. The molecular formula is C21H19N3O3. The van der Waals surface area contributed by atoms with Gasteiger partial charge in [-0.05, 0) is 42.7 Å². The van der Waals surface area contributed by atoms with Crippen LogP contribution in [0.15, 0.2) is 48.7 Å². The Kier molecular flexibility index (Phi) is 5.32. The lowest BCUT2D eigenvalue weighted by Gasteiger charge is -2.26. The summed E-state index contributed by atoms with van der Waals surface area (Å²) in [5, 5.41) is 9.10. The van der Waals surface area contributed by atoms with Gasteiger partial charge in [-0.25, -0.2) is 9.88 Å². The van der Waals surface area contributed by atoms with Crippen LogP contribution < -0.4 is 9.64 Å². The molecule has 1 aromatic heterocycles. The van der Waals surface area contributed by atoms with E-state index in [1.54, 1.807) is 30.3 Å². The van der Waals surface area contributed by atoms with E-state index in [1.807, 2.05) is 19.9 Å². The van der Waals surface area contributed by atoms with Crippen molar-refractivity contribution in [1.82, 2.24) is 4.98 Å². The molecular weight excluding hydrogens is 342 g/mol. The fraction of sp³-hybridized carbons (Fsp3) is 0.238. The number of ether oxygens (including phenoxy) is 1. The number of carbonyl (C=O) groups is 2. The third-order valence-electron chi connectivity index (χ3n) is 4.45. The molecule has 27 heavy (non-hydrogen) atoms. The average molecular weight is 361 g/mol. The van der Waals surface area contributed by atoms with E-state index in [1.165, 1.54) is 12.3 Å². The topological polar surface area (TPSA) is 83.3 Å². The van der Waals surface area contributed by atoms with E-state index in [4.69, 9.17) is 10.00 Å². The van der Waals surface area contributed by atoms with E-state index in [0.29, 0.717) is 29.3 Å². The molecule has 1 aromatic carbocycles. The van der Waals surface area contributed by atoms with Gasteiger partial charge in [0.2, 0.25) is 11.8 Å². The highest BCUT2D eigenvalue weighted by molar-refractivity contribution is 6.21. The van der Waals surface area contributed by atoms with Crippen molar-refractivity contribution in [2.75, 3.05) is 4.90 Å². The second-order valence-electron chi connectivity index (χ2n) is 6.13. The molecule has 0 fully saturated rings. The van der Waals surface area contributed by atoms with Crippen LogP contribution in [0.3, 0.4) is 0 Å². The zero-order valence-electron chi connectivity index (χ0n) is 15.2. The molecule has 2 aromatic rings. The maximum Gasteiger partial charge on any atom is 0.257 e. The first-order chi connectivity index (χ1) is 13.1. The number of nitriles is 1. The van der Waals surface area contributed by atoms with Crippen molar-refractivity contribution >= 4 is 17.5 Å². The number of nitrogens with zero attached hydrogens (tertiary/aromatic N) is 3. The van der Waals surface area contributed by atoms with Crippen LogP contribution >= 0.6 is 0 Å². The number of aromatic nitrogens is 1. The molecule has 6 nitrogen and oxygen atoms in total. The Bertz CT molecular complexity index is 942. The number of amides is 2. The minimum atomic E-state index is -0.375. The van der Waals surface area contributed by atoms with E-state index in [9.17, 15) is 9.59 Å². The van der Waals surface area contributed by atoms with Gasteiger partial charge in [-0.2, -0.15) is 5.26 Å². The summed E-state index contributed by atoms with van der Waals surface area (Å²) in [5.41, 5.74) is 1.93. The van der Waals surface area contributed by atoms with Gasteiger partial charge in [0.1, 0.15) is 5.75 Å². The first-order valence-electron chi connectivity index (χ1n) is 8.80. The minimum absolute atomic E-state index is 0.250. The Hall–Kier alpha value is -3.46. The molecule has 2 heterocycles. The van der Waals surface area contributed by atoms with Crippen LogP contribution in [-0.2, 0) is 16.0 Å². The molecule has 0 N–H and O–H groups in total. The number of anilines is 1. The molecule has 0 saturated carbocycles. The number of benzene rings is 1. The summed E-state index contributed by atoms with van der Waals surface area (Å²) in [6.07, 6.45) is 5.86. The summed E-state index contributed by atoms with van der Waals surface area (Å²) in [4.78, 5) is 29.9. The molecule has 1 atom stereocenters.